The van der Waals surface area contributed by atoms with Gasteiger partial charge in [0.1, 0.15) is 6.07 Å². The topological polar surface area (TPSA) is 150 Å². The SMILES string of the molecule is CC(C)(C)C1(NC(=O)O)CCC[C@@H](Nc2ncc(C#N)c(-c3cn(S(=O)(=O)c4ccccc4)c4ccccc34)n2)C1. The standard InChI is InChI=1S/C30H32N6O4S/c1-29(2,3)30(35-28(37)38)15-9-10-21(16-30)33-27-32-18-20(17-31)26(34-27)24-19-36(25-14-8-7-13-23(24)25)41(39,40)22-11-5-4-6-12-22/h4-8,11-14,18-19,21,35H,9-10,15-16H2,1-3H3,(H,37,38)(H,32,33,34)/t21-,30?/m1/s1. The zero-order valence-electron chi connectivity index (χ0n) is 23.1. The normalized spacial score (nSPS) is 19.4. The van der Waals surface area contributed by atoms with Gasteiger partial charge in [0, 0.05) is 23.2 Å². The minimum Gasteiger partial charge on any atom is -0.465 e. The minimum atomic E-state index is -3.92. The van der Waals surface area contributed by atoms with Crippen LogP contribution in [0.15, 0.2) is 71.9 Å². The van der Waals surface area contributed by atoms with Crippen molar-refractivity contribution in [2.45, 2.75) is 62.9 Å². The lowest BCUT2D eigenvalue weighted by atomic mass is 9.64. The van der Waals surface area contributed by atoms with Gasteiger partial charge >= 0.3 is 6.09 Å². The van der Waals surface area contributed by atoms with Crippen molar-refractivity contribution in [3.8, 4) is 17.3 Å². The second-order valence-corrected chi connectivity index (χ2v) is 13.3. The van der Waals surface area contributed by atoms with Crippen LogP contribution in [0.3, 0.4) is 0 Å². The van der Waals surface area contributed by atoms with Crippen molar-refractivity contribution in [2.24, 2.45) is 5.41 Å². The van der Waals surface area contributed by atoms with E-state index in [9.17, 15) is 23.6 Å². The first-order chi connectivity index (χ1) is 19.4. The molecule has 0 spiro atoms. The molecule has 1 unspecified atom stereocenters. The molecule has 1 aliphatic carbocycles. The number of amides is 1. The van der Waals surface area contributed by atoms with Crippen molar-refractivity contribution in [1.82, 2.24) is 19.3 Å². The van der Waals surface area contributed by atoms with Gasteiger partial charge in [-0.2, -0.15) is 5.26 Å². The Morgan fingerprint density at radius 2 is 1.85 bits per heavy atom. The molecule has 1 aliphatic rings. The number of nitriles is 1. The molecule has 0 aliphatic heterocycles. The number of benzene rings is 2. The van der Waals surface area contributed by atoms with Crippen LogP contribution >= 0.6 is 0 Å². The van der Waals surface area contributed by atoms with Gasteiger partial charge in [-0.25, -0.2) is 27.2 Å². The lowest BCUT2D eigenvalue weighted by molar-refractivity contribution is 0.0790. The van der Waals surface area contributed by atoms with Gasteiger partial charge in [-0.05, 0) is 49.3 Å². The van der Waals surface area contributed by atoms with Gasteiger partial charge in [0.15, 0.2) is 0 Å². The van der Waals surface area contributed by atoms with Crippen LogP contribution in [0.2, 0.25) is 0 Å². The van der Waals surface area contributed by atoms with Crippen molar-refractivity contribution in [3.63, 3.8) is 0 Å². The number of anilines is 1. The number of aromatic nitrogens is 3. The molecule has 0 radical (unpaired) electrons. The summed E-state index contributed by atoms with van der Waals surface area (Å²) in [6, 6.07) is 17.3. The van der Waals surface area contributed by atoms with Crippen LogP contribution in [0, 0.1) is 16.7 Å². The van der Waals surface area contributed by atoms with E-state index in [-0.39, 0.29) is 27.9 Å². The zero-order valence-corrected chi connectivity index (χ0v) is 23.9. The molecule has 2 heterocycles. The van der Waals surface area contributed by atoms with E-state index in [0.717, 1.165) is 19.3 Å². The molecule has 10 nitrogen and oxygen atoms in total. The summed E-state index contributed by atoms with van der Waals surface area (Å²) >= 11 is 0. The van der Waals surface area contributed by atoms with E-state index in [1.54, 1.807) is 42.5 Å². The number of para-hydroxylation sites is 1. The van der Waals surface area contributed by atoms with Crippen molar-refractivity contribution < 1.29 is 18.3 Å². The largest absolute Gasteiger partial charge is 0.465 e. The van der Waals surface area contributed by atoms with E-state index < -0.39 is 21.7 Å². The summed E-state index contributed by atoms with van der Waals surface area (Å²) in [5.74, 6) is 0.284. The number of carboxylic acid groups (broad SMARTS) is 1. The first-order valence-electron chi connectivity index (χ1n) is 13.4. The molecular weight excluding hydrogens is 540 g/mol. The molecule has 11 heteroatoms. The third kappa shape index (κ3) is 5.23. The molecule has 1 fully saturated rings. The Hall–Kier alpha value is -4.43. The monoisotopic (exact) mass is 572 g/mol. The predicted molar refractivity (Wildman–Crippen MR) is 156 cm³/mol. The molecule has 1 amide bonds. The van der Waals surface area contributed by atoms with E-state index in [2.05, 4.69) is 21.7 Å². The van der Waals surface area contributed by atoms with E-state index in [1.807, 2.05) is 20.8 Å². The van der Waals surface area contributed by atoms with Crippen molar-refractivity contribution in [1.29, 1.82) is 5.26 Å². The first-order valence-corrected chi connectivity index (χ1v) is 14.8. The van der Waals surface area contributed by atoms with E-state index >= 15 is 0 Å². The van der Waals surface area contributed by atoms with Gasteiger partial charge in [-0.15, -0.1) is 0 Å². The number of rotatable bonds is 6. The fourth-order valence-corrected chi connectivity index (χ4v) is 7.14. The Kier molecular flexibility index (Phi) is 7.21. The molecule has 0 saturated heterocycles. The second-order valence-electron chi connectivity index (χ2n) is 11.4. The zero-order chi connectivity index (χ0) is 29.4. The van der Waals surface area contributed by atoms with Gasteiger partial charge in [-0.3, -0.25) is 0 Å². The van der Waals surface area contributed by atoms with Crippen molar-refractivity contribution in [3.05, 3.63) is 72.6 Å². The maximum absolute atomic E-state index is 13.6. The number of fused-ring (bicyclic) bond motifs is 1. The Morgan fingerprint density at radius 1 is 1.15 bits per heavy atom. The Balaban J connectivity index is 1.55. The average Bonchev–Trinajstić information content (AvgIpc) is 3.33. The Bertz CT molecular complexity index is 1760. The van der Waals surface area contributed by atoms with Crippen LogP contribution in [-0.2, 0) is 10.0 Å². The molecule has 212 valence electrons. The Labute approximate surface area is 239 Å². The summed E-state index contributed by atoms with van der Waals surface area (Å²) in [6.45, 7) is 6.09. The molecule has 1 saturated carbocycles. The number of hydrogen-bond acceptors (Lipinski definition) is 7. The van der Waals surface area contributed by atoms with Crippen LogP contribution in [0.25, 0.3) is 22.2 Å². The van der Waals surface area contributed by atoms with Crippen LogP contribution < -0.4 is 10.6 Å². The molecule has 3 N–H and O–H groups in total. The summed E-state index contributed by atoms with van der Waals surface area (Å²) in [4.78, 5) is 20.9. The maximum Gasteiger partial charge on any atom is 0.405 e. The molecule has 2 aromatic heterocycles. The summed E-state index contributed by atoms with van der Waals surface area (Å²) < 4.78 is 28.4. The highest BCUT2D eigenvalue weighted by molar-refractivity contribution is 7.90. The smallest absolute Gasteiger partial charge is 0.405 e. The summed E-state index contributed by atoms with van der Waals surface area (Å²) in [7, 11) is -3.92. The summed E-state index contributed by atoms with van der Waals surface area (Å²) in [6.07, 6.45) is 4.74. The molecule has 5 rings (SSSR count). The highest BCUT2D eigenvalue weighted by Gasteiger charge is 2.46. The number of hydrogen-bond donors (Lipinski definition) is 3. The fraction of sp³-hybridized carbons (Fsp3) is 0.333. The van der Waals surface area contributed by atoms with Gasteiger partial charge in [0.2, 0.25) is 5.95 Å². The molecule has 0 bridgehead atoms. The highest BCUT2D eigenvalue weighted by Crippen LogP contribution is 2.43. The van der Waals surface area contributed by atoms with Gasteiger partial charge in [-0.1, -0.05) is 57.2 Å². The molecule has 4 aromatic rings. The van der Waals surface area contributed by atoms with E-state index in [1.165, 1.54) is 28.5 Å². The lowest BCUT2D eigenvalue weighted by Crippen LogP contribution is -2.60. The van der Waals surface area contributed by atoms with Gasteiger partial charge in [0.25, 0.3) is 10.0 Å². The van der Waals surface area contributed by atoms with Gasteiger partial charge < -0.3 is 15.7 Å². The van der Waals surface area contributed by atoms with Crippen LogP contribution in [-0.4, -0.2) is 45.1 Å². The number of carbonyl (C=O) groups is 1. The molecular formula is C30H32N6O4S. The quantitative estimate of drug-likeness (QED) is 0.270. The average molecular weight is 573 g/mol. The molecule has 41 heavy (non-hydrogen) atoms. The van der Waals surface area contributed by atoms with Crippen molar-refractivity contribution in [2.75, 3.05) is 5.32 Å². The number of nitrogens with zero attached hydrogens (tertiary/aromatic N) is 4. The third-order valence-corrected chi connectivity index (χ3v) is 9.70. The molecule has 2 aromatic carbocycles. The van der Waals surface area contributed by atoms with E-state index in [0.29, 0.717) is 28.6 Å². The fourth-order valence-electron chi connectivity index (χ4n) is 5.75. The summed E-state index contributed by atoms with van der Waals surface area (Å²) in [5.41, 5.74) is 0.506. The third-order valence-electron chi connectivity index (χ3n) is 8.01. The van der Waals surface area contributed by atoms with Gasteiger partial charge in [0.05, 0.1) is 33.4 Å². The second kappa shape index (κ2) is 10.5. The predicted octanol–water partition coefficient (Wildman–Crippen LogP) is 5.61. The lowest BCUT2D eigenvalue weighted by Gasteiger charge is -2.49. The molecule has 2 atom stereocenters. The minimum absolute atomic E-state index is 0.115. The highest BCUT2D eigenvalue weighted by atomic mass is 32.2. The first kappa shape index (κ1) is 28.1. The van der Waals surface area contributed by atoms with Crippen LogP contribution in [0.4, 0.5) is 10.7 Å². The maximum atomic E-state index is 13.6. The number of nitrogens with one attached hydrogen (secondary N) is 2. The van der Waals surface area contributed by atoms with Crippen molar-refractivity contribution >= 4 is 33.0 Å². The van der Waals surface area contributed by atoms with Crippen LogP contribution in [0.5, 0.6) is 0 Å². The van der Waals surface area contributed by atoms with Crippen LogP contribution in [0.1, 0.15) is 52.0 Å². The van der Waals surface area contributed by atoms with E-state index in [4.69, 9.17) is 4.98 Å². The summed E-state index contributed by atoms with van der Waals surface area (Å²) in [5, 5.41) is 26.3. The Morgan fingerprint density at radius 3 is 2.54 bits per heavy atom.